The largest absolute Gasteiger partial charge is 0.506 e. The van der Waals surface area contributed by atoms with Crippen molar-refractivity contribution in [1.82, 2.24) is 0 Å². The molecule has 0 aliphatic carbocycles. The molecule has 3 nitrogen and oxygen atoms in total. The number of carbonyl (C=O) groups excluding carboxylic acids is 1. The quantitative estimate of drug-likeness (QED) is 0.826. The van der Waals surface area contributed by atoms with Crippen LogP contribution in [-0.4, -0.2) is 11.0 Å². The highest BCUT2D eigenvalue weighted by Crippen LogP contribution is 2.26. The van der Waals surface area contributed by atoms with Gasteiger partial charge in [0.05, 0.1) is 5.02 Å². The lowest BCUT2D eigenvalue weighted by Gasteiger charge is -2.09. The SMILES string of the molecule is Cc1ccc(F)c(C(=O)Nc2ccc(O)c(Cl)c2)c1F. The number of carbonyl (C=O) groups is 1. The summed E-state index contributed by atoms with van der Waals surface area (Å²) in [6, 6.07) is 6.18. The average molecular weight is 298 g/mol. The van der Waals surface area contributed by atoms with E-state index in [1.807, 2.05) is 0 Å². The van der Waals surface area contributed by atoms with Crippen molar-refractivity contribution in [2.24, 2.45) is 0 Å². The predicted octanol–water partition coefficient (Wildman–Crippen LogP) is 3.88. The molecule has 0 heterocycles. The van der Waals surface area contributed by atoms with E-state index in [4.69, 9.17) is 11.6 Å². The van der Waals surface area contributed by atoms with Crippen LogP contribution in [0.25, 0.3) is 0 Å². The minimum Gasteiger partial charge on any atom is -0.506 e. The van der Waals surface area contributed by atoms with Crippen molar-refractivity contribution in [3.63, 3.8) is 0 Å². The van der Waals surface area contributed by atoms with Crippen molar-refractivity contribution in [2.75, 3.05) is 5.32 Å². The van der Waals surface area contributed by atoms with E-state index in [0.29, 0.717) is 0 Å². The second-order valence-electron chi connectivity index (χ2n) is 4.17. The van der Waals surface area contributed by atoms with E-state index in [0.717, 1.165) is 6.07 Å². The molecule has 2 rings (SSSR count). The van der Waals surface area contributed by atoms with Crippen molar-refractivity contribution in [1.29, 1.82) is 0 Å². The summed E-state index contributed by atoms with van der Waals surface area (Å²) in [5.41, 5.74) is -0.271. The van der Waals surface area contributed by atoms with Gasteiger partial charge >= 0.3 is 0 Å². The fraction of sp³-hybridized carbons (Fsp3) is 0.0714. The monoisotopic (exact) mass is 297 g/mol. The lowest BCUT2D eigenvalue weighted by molar-refractivity contribution is 0.101. The van der Waals surface area contributed by atoms with Gasteiger partial charge in [0.1, 0.15) is 22.9 Å². The van der Waals surface area contributed by atoms with Crippen LogP contribution >= 0.6 is 11.6 Å². The first-order valence-corrected chi connectivity index (χ1v) is 6.02. The zero-order chi connectivity index (χ0) is 14.9. The Morgan fingerprint density at radius 2 is 1.95 bits per heavy atom. The third kappa shape index (κ3) is 2.72. The number of amides is 1. The maximum absolute atomic E-state index is 13.8. The summed E-state index contributed by atoms with van der Waals surface area (Å²) in [4.78, 5) is 11.9. The second kappa shape index (κ2) is 5.46. The summed E-state index contributed by atoms with van der Waals surface area (Å²) in [5.74, 6) is -2.94. The standard InChI is InChI=1S/C14H10ClF2NO2/c1-7-2-4-10(16)12(13(7)17)14(20)18-8-3-5-11(19)9(15)6-8/h2-6,19H,1H3,(H,18,20). The van der Waals surface area contributed by atoms with Crippen molar-refractivity contribution >= 4 is 23.2 Å². The molecule has 0 bridgehead atoms. The van der Waals surface area contributed by atoms with Crippen molar-refractivity contribution in [2.45, 2.75) is 6.92 Å². The van der Waals surface area contributed by atoms with E-state index >= 15 is 0 Å². The molecule has 0 aliphatic heterocycles. The van der Waals surface area contributed by atoms with Crippen LogP contribution in [0.2, 0.25) is 5.02 Å². The summed E-state index contributed by atoms with van der Waals surface area (Å²) in [6.45, 7) is 1.43. The third-order valence-corrected chi connectivity index (χ3v) is 3.02. The van der Waals surface area contributed by atoms with Gasteiger partial charge < -0.3 is 10.4 Å². The van der Waals surface area contributed by atoms with Gasteiger partial charge in [-0.2, -0.15) is 0 Å². The molecule has 0 spiro atoms. The van der Waals surface area contributed by atoms with Gasteiger partial charge in [0.25, 0.3) is 5.91 Å². The van der Waals surface area contributed by atoms with Crippen LogP contribution in [0.5, 0.6) is 5.75 Å². The molecule has 20 heavy (non-hydrogen) atoms. The number of anilines is 1. The number of aromatic hydroxyl groups is 1. The average Bonchev–Trinajstić information content (AvgIpc) is 2.39. The number of rotatable bonds is 2. The first-order valence-electron chi connectivity index (χ1n) is 5.64. The molecule has 104 valence electrons. The molecule has 0 saturated heterocycles. The van der Waals surface area contributed by atoms with Gasteiger partial charge in [-0.05, 0) is 36.8 Å². The zero-order valence-electron chi connectivity index (χ0n) is 10.4. The van der Waals surface area contributed by atoms with Crippen LogP contribution in [-0.2, 0) is 0 Å². The molecule has 0 saturated carbocycles. The highest BCUT2D eigenvalue weighted by Gasteiger charge is 2.19. The van der Waals surface area contributed by atoms with Crippen LogP contribution in [0.15, 0.2) is 30.3 Å². The Hall–Kier alpha value is -2.14. The van der Waals surface area contributed by atoms with Crippen molar-refractivity contribution in [3.05, 3.63) is 58.1 Å². The Bertz CT molecular complexity index is 689. The topological polar surface area (TPSA) is 49.3 Å². The highest BCUT2D eigenvalue weighted by atomic mass is 35.5. The molecule has 0 atom stereocenters. The van der Waals surface area contributed by atoms with Crippen LogP contribution in [0.3, 0.4) is 0 Å². The van der Waals surface area contributed by atoms with E-state index in [1.54, 1.807) is 0 Å². The summed E-state index contributed by atoms with van der Waals surface area (Å²) >= 11 is 5.68. The molecule has 2 aromatic rings. The summed E-state index contributed by atoms with van der Waals surface area (Å²) in [5, 5.41) is 11.6. The molecule has 0 aromatic heterocycles. The molecule has 0 aliphatic rings. The Labute approximate surface area is 118 Å². The first kappa shape index (κ1) is 14.3. The molecule has 0 unspecified atom stereocenters. The minimum absolute atomic E-state index is 0.0213. The fourth-order valence-corrected chi connectivity index (χ4v) is 1.82. The molecule has 0 radical (unpaired) electrons. The maximum Gasteiger partial charge on any atom is 0.261 e. The fourth-order valence-electron chi connectivity index (χ4n) is 1.64. The van der Waals surface area contributed by atoms with Crippen LogP contribution in [0, 0.1) is 18.6 Å². The number of halogens is 3. The van der Waals surface area contributed by atoms with Crippen molar-refractivity contribution in [3.8, 4) is 5.75 Å². The lowest BCUT2D eigenvalue weighted by Crippen LogP contribution is -2.16. The van der Waals surface area contributed by atoms with Crippen LogP contribution < -0.4 is 5.32 Å². The Morgan fingerprint density at radius 1 is 1.25 bits per heavy atom. The summed E-state index contributed by atoms with van der Waals surface area (Å²) in [7, 11) is 0. The van der Waals surface area contributed by atoms with E-state index < -0.39 is 23.1 Å². The molecule has 2 N–H and O–H groups in total. The van der Waals surface area contributed by atoms with Gasteiger partial charge in [-0.15, -0.1) is 0 Å². The lowest BCUT2D eigenvalue weighted by atomic mass is 10.1. The summed E-state index contributed by atoms with van der Waals surface area (Å²) < 4.78 is 27.4. The molecule has 2 aromatic carbocycles. The van der Waals surface area contributed by atoms with Crippen LogP contribution in [0.4, 0.5) is 14.5 Å². The smallest absolute Gasteiger partial charge is 0.261 e. The van der Waals surface area contributed by atoms with Gasteiger partial charge in [-0.3, -0.25) is 4.79 Å². The van der Waals surface area contributed by atoms with Gasteiger partial charge in [0.2, 0.25) is 0 Å². The predicted molar refractivity (Wildman–Crippen MR) is 72.2 cm³/mol. The number of nitrogens with one attached hydrogen (secondary N) is 1. The van der Waals surface area contributed by atoms with Gasteiger partial charge in [0.15, 0.2) is 0 Å². The number of phenols is 1. The number of hydrogen-bond acceptors (Lipinski definition) is 2. The number of benzene rings is 2. The van der Waals surface area contributed by atoms with Gasteiger partial charge in [-0.1, -0.05) is 17.7 Å². The van der Waals surface area contributed by atoms with Gasteiger partial charge in [-0.25, -0.2) is 8.78 Å². The molecule has 1 amide bonds. The zero-order valence-corrected chi connectivity index (χ0v) is 11.1. The summed E-state index contributed by atoms with van der Waals surface area (Å²) in [6.07, 6.45) is 0. The first-order chi connectivity index (χ1) is 9.40. The molecule has 6 heteroatoms. The van der Waals surface area contributed by atoms with Gasteiger partial charge in [0, 0.05) is 5.69 Å². The Balaban J connectivity index is 2.33. The highest BCUT2D eigenvalue weighted by molar-refractivity contribution is 6.32. The van der Waals surface area contributed by atoms with E-state index in [1.165, 1.54) is 31.2 Å². The molecular weight excluding hydrogens is 288 g/mol. The molecular formula is C14H10ClF2NO2. The number of aryl methyl sites for hydroxylation is 1. The van der Waals surface area contributed by atoms with E-state index in [9.17, 15) is 18.7 Å². The second-order valence-corrected chi connectivity index (χ2v) is 4.58. The minimum atomic E-state index is -0.949. The van der Waals surface area contributed by atoms with Crippen LogP contribution in [0.1, 0.15) is 15.9 Å². The third-order valence-electron chi connectivity index (χ3n) is 2.72. The van der Waals surface area contributed by atoms with E-state index in [-0.39, 0.29) is 22.0 Å². The van der Waals surface area contributed by atoms with E-state index in [2.05, 4.69) is 5.32 Å². The Morgan fingerprint density at radius 3 is 2.60 bits per heavy atom. The normalized spacial score (nSPS) is 10.4. The number of hydrogen-bond donors (Lipinski definition) is 2. The van der Waals surface area contributed by atoms with Crippen molar-refractivity contribution < 1.29 is 18.7 Å². The Kier molecular flexibility index (Phi) is 3.90. The maximum atomic E-state index is 13.8. The molecule has 0 fully saturated rings. The number of phenolic OH excluding ortho intramolecular Hbond substituents is 1.